The Labute approximate surface area is 151 Å². The minimum Gasteiger partial charge on any atom is -0.362 e. The monoisotopic (exact) mass is 344 g/mol. The van der Waals surface area contributed by atoms with Gasteiger partial charge in [-0.25, -0.2) is 0 Å². The molecule has 0 spiro atoms. The summed E-state index contributed by atoms with van der Waals surface area (Å²) in [4.78, 5) is 2.57. The Morgan fingerprint density at radius 3 is 2.54 bits per heavy atom. The summed E-state index contributed by atoms with van der Waals surface area (Å²) >= 11 is 5.34. The number of hydrogen-bond acceptors (Lipinski definition) is 3. The number of nitrogens with zero attached hydrogens (tertiary/aromatic N) is 2. The number of nitrogens with one attached hydrogen (secondary N) is 2. The number of piperidine rings is 1. The Bertz CT molecular complexity index is 554. The van der Waals surface area contributed by atoms with Crippen LogP contribution in [0.4, 0.5) is 5.69 Å². The van der Waals surface area contributed by atoms with Gasteiger partial charge in [0.25, 0.3) is 0 Å². The third-order valence-electron chi connectivity index (χ3n) is 4.38. The molecule has 0 aliphatic carbocycles. The Morgan fingerprint density at radius 2 is 1.92 bits per heavy atom. The molecule has 24 heavy (non-hydrogen) atoms. The first-order chi connectivity index (χ1) is 11.6. The summed E-state index contributed by atoms with van der Waals surface area (Å²) in [6, 6.07) is 9.96. The van der Waals surface area contributed by atoms with Gasteiger partial charge in [-0.1, -0.05) is 26.0 Å². The van der Waals surface area contributed by atoms with Crippen LogP contribution in [-0.4, -0.2) is 36.2 Å². The van der Waals surface area contributed by atoms with E-state index in [4.69, 9.17) is 17.5 Å². The Kier molecular flexibility index (Phi) is 7.48. The molecular weight excluding hydrogens is 316 g/mol. The highest BCUT2D eigenvalue weighted by atomic mass is 32.1. The quantitative estimate of drug-likeness (QED) is 0.612. The van der Waals surface area contributed by atoms with E-state index in [0.29, 0.717) is 11.5 Å². The second kappa shape index (κ2) is 9.61. The second-order valence-electron chi connectivity index (χ2n) is 6.97. The van der Waals surface area contributed by atoms with Crippen LogP contribution in [0.3, 0.4) is 0 Å². The zero-order valence-electron chi connectivity index (χ0n) is 14.7. The number of benzene rings is 1. The van der Waals surface area contributed by atoms with Gasteiger partial charge in [0.15, 0.2) is 5.11 Å². The molecule has 2 atom stereocenters. The van der Waals surface area contributed by atoms with Crippen molar-refractivity contribution < 1.29 is 0 Å². The van der Waals surface area contributed by atoms with E-state index in [2.05, 4.69) is 35.5 Å². The first-order valence-corrected chi connectivity index (χ1v) is 9.20. The molecule has 0 aromatic heterocycles. The van der Waals surface area contributed by atoms with Gasteiger partial charge < -0.3 is 15.5 Å². The number of nitriles is 1. The van der Waals surface area contributed by atoms with Gasteiger partial charge in [-0.3, -0.25) is 0 Å². The zero-order chi connectivity index (χ0) is 17.4. The van der Waals surface area contributed by atoms with E-state index in [0.717, 1.165) is 42.6 Å². The van der Waals surface area contributed by atoms with Crippen molar-refractivity contribution in [1.29, 1.82) is 5.26 Å². The highest BCUT2D eigenvalue weighted by Crippen LogP contribution is 2.20. The maximum atomic E-state index is 8.68. The van der Waals surface area contributed by atoms with Gasteiger partial charge in [-0.15, -0.1) is 0 Å². The van der Waals surface area contributed by atoms with Crippen LogP contribution in [0.2, 0.25) is 0 Å². The van der Waals surface area contributed by atoms with Crippen LogP contribution in [0.25, 0.3) is 0 Å². The van der Waals surface area contributed by atoms with Crippen molar-refractivity contribution in [1.82, 2.24) is 10.2 Å². The summed E-state index contributed by atoms with van der Waals surface area (Å²) in [7, 11) is 0. The molecular formula is C19H28N4S. The van der Waals surface area contributed by atoms with Crippen molar-refractivity contribution in [3.63, 3.8) is 0 Å². The molecule has 1 fully saturated rings. The van der Waals surface area contributed by atoms with Gasteiger partial charge in [0, 0.05) is 25.3 Å². The average Bonchev–Trinajstić information content (AvgIpc) is 2.53. The van der Waals surface area contributed by atoms with Crippen molar-refractivity contribution in [2.24, 2.45) is 11.8 Å². The van der Waals surface area contributed by atoms with Crippen LogP contribution < -0.4 is 10.6 Å². The molecule has 1 aliphatic rings. The molecule has 1 aliphatic heterocycles. The summed E-state index contributed by atoms with van der Waals surface area (Å²) in [5.74, 6) is 1.63. The molecule has 1 saturated heterocycles. The number of anilines is 1. The van der Waals surface area contributed by atoms with Gasteiger partial charge in [0.2, 0.25) is 0 Å². The largest absolute Gasteiger partial charge is 0.362 e. The van der Waals surface area contributed by atoms with Gasteiger partial charge in [0.1, 0.15) is 0 Å². The molecule has 1 aromatic carbocycles. The molecule has 130 valence electrons. The predicted molar refractivity (Wildman–Crippen MR) is 104 cm³/mol. The van der Waals surface area contributed by atoms with Crippen molar-refractivity contribution >= 4 is 23.0 Å². The predicted octanol–water partition coefficient (Wildman–Crippen LogP) is 3.41. The summed E-state index contributed by atoms with van der Waals surface area (Å²) in [6.07, 6.45) is 2.90. The first-order valence-electron chi connectivity index (χ1n) is 8.80. The lowest BCUT2D eigenvalue weighted by Crippen LogP contribution is -2.40. The lowest BCUT2D eigenvalue weighted by atomic mass is 9.92. The standard InChI is InChI=1S/C19H28N4S/c1-15-12-16(2)14-23(13-15)11-3-10-21-19(24)22-18-6-4-17(5-7-18)8-9-20/h4-7,15-16H,3,8,10-14H2,1-2H3,(H2,21,22,24)/t15-,16-/m1/s1. The van der Waals surface area contributed by atoms with Gasteiger partial charge in [0.05, 0.1) is 12.5 Å². The van der Waals surface area contributed by atoms with Crippen molar-refractivity contribution in [2.45, 2.75) is 33.1 Å². The minimum atomic E-state index is 0.441. The summed E-state index contributed by atoms with van der Waals surface area (Å²) in [6.45, 7) is 9.17. The maximum Gasteiger partial charge on any atom is 0.170 e. The molecule has 0 unspecified atom stereocenters. The van der Waals surface area contributed by atoms with E-state index in [9.17, 15) is 0 Å². The van der Waals surface area contributed by atoms with Crippen LogP contribution in [0.1, 0.15) is 32.3 Å². The molecule has 1 heterocycles. The zero-order valence-corrected chi connectivity index (χ0v) is 15.5. The Hall–Kier alpha value is -1.64. The van der Waals surface area contributed by atoms with E-state index in [1.165, 1.54) is 19.5 Å². The highest BCUT2D eigenvalue weighted by Gasteiger charge is 2.20. The normalized spacial score (nSPS) is 21.0. The lowest BCUT2D eigenvalue weighted by molar-refractivity contribution is 0.140. The minimum absolute atomic E-state index is 0.441. The molecule has 0 saturated carbocycles. The van der Waals surface area contributed by atoms with E-state index in [1.807, 2.05) is 24.3 Å². The SMILES string of the molecule is C[C@@H]1C[C@@H](C)CN(CCCNC(=S)Nc2ccc(CC#N)cc2)C1. The van der Waals surface area contributed by atoms with Crippen LogP contribution >= 0.6 is 12.2 Å². The van der Waals surface area contributed by atoms with E-state index >= 15 is 0 Å². The molecule has 1 aromatic rings. The molecule has 2 N–H and O–H groups in total. The number of rotatable bonds is 6. The summed E-state index contributed by atoms with van der Waals surface area (Å²) in [5, 5.41) is 15.8. The molecule has 4 nitrogen and oxygen atoms in total. The molecule has 0 amide bonds. The number of hydrogen-bond donors (Lipinski definition) is 2. The molecule has 5 heteroatoms. The van der Waals surface area contributed by atoms with Crippen LogP contribution in [0, 0.1) is 23.2 Å². The average molecular weight is 345 g/mol. The van der Waals surface area contributed by atoms with Crippen molar-refractivity contribution in [2.75, 3.05) is 31.5 Å². The third-order valence-corrected chi connectivity index (χ3v) is 4.62. The number of thiocarbonyl (C=S) groups is 1. The fourth-order valence-electron chi connectivity index (χ4n) is 3.45. The maximum absolute atomic E-state index is 8.68. The van der Waals surface area contributed by atoms with Crippen LogP contribution in [-0.2, 0) is 6.42 Å². The van der Waals surface area contributed by atoms with Gasteiger partial charge in [-0.2, -0.15) is 5.26 Å². The third kappa shape index (κ3) is 6.46. The smallest absolute Gasteiger partial charge is 0.170 e. The Balaban J connectivity index is 1.63. The van der Waals surface area contributed by atoms with Crippen LogP contribution in [0.15, 0.2) is 24.3 Å². The first kappa shape index (κ1) is 18.7. The fourth-order valence-corrected chi connectivity index (χ4v) is 3.67. The van der Waals surface area contributed by atoms with Gasteiger partial charge >= 0.3 is 0 Å². The molecule has 2 rings (SSSR count). The van der Waals surface area contributed by atoms with Crippen molar-refractivity contribution in [3.8, 4) is 6.07 Å². The summed E-state index contributed by atoms with van der Waals surface area (Å²) < 4.78 is 0. The van der Waals surface area contributed by atoms with Crippen LogP contribution in [0.5, 0.6) is 0 Å². The topological polar surface area (TPSA) is 51.1 Å². The lowest BCUT2D eigenvalue weighted by Gasteiger charge is -2.34. The Morgan fingerprint density at radius 1 is 1.25 bits per heavy atom. The second-order valence-corrected chi connectivity index (χ2v) is 7.38. The van der Waals surface area contributed by atoms with E-state index in [1.54, 1.807) is 0 Å². The van der Waals surface area contributed by atoms with Gasteiger partial charge in [-0.05, 0) is 61.1 Å². The fraction of sp³-hybridized carbons (Fsp3) is 0.579. The number of likely N-dealkylation sites (tertiary alicyclic amines) is 1. The van der Waals surface area contributed by atoms with E-state index in [-0.39, 0.29) is 0 Å². The van der Waals surface area contributed by atoms with Crippen molar-refractivity contribution in [3.05, 3.63) is 29.8 Å². The van der Waals surface area contributed by atoms with E-state index < -0.39 is 0 Å². The molecule has 0 radical (unpaired) electrons. The highest BCUT2D eigenvalue weighted by molar-refractivity contribution is 7.80. The molecule has 0 bridgehead atoms. The summed E-state index contributed by atoms with van der Waals surface area (Å²) in [5.41, 5.74) is 1.97.